The fraction of sp³-hybridized carbons (Fsp3) is 0.429. The van der Waals surface area contributed by atoms with E-state index in [1.54, 1.807) is 6.07 Å². The Morgan fingerprint density at radius 3 is 2.75 bits per heavy atom. The van der Waals surface area contributed by atoms with Crippen LogP contribution in [0.1, 0.15) is 32.6 Å². The maximum Gasteiger partial charge on any atom is 0.270 e. The van der Waals surface area contributed by atoms with Crippen LogP contribution in [-0.4, -0.2) is 20.4 Å². The summed E-state index contributed by atoms with van der Waals surface area (Å²) in [7, 11) is 0. The topological polar surface area (TPSA) is 81.0 Å². The van der Waals surface area contributed by atoms with Gasteiger partial charge < -0.3 is 5.32 Å². The molecule has 1 aliphatic rings. The van der Waals surface area contributed by atoms with E-state index < -0.39 is 4.92 Å². The normalized spacial score (nSPS) is 17.2. The van der Waals surface area contributed by atoms with Crippen molar-refractivity contribution in [2.24, 2.45) is 0 Å². The van der Waals surface area contributed by atoms with Crippen molar-refractivity contribution in [2.45, 2.75) is 38.1 Å². The second kappa shape index (κ2) is 4.70. The van der Waals surface area contributed by atoms with E-state index >= 15 is 0 Å². The molecule has 0 radical (unpaired) electrons. The van der Waals surface area contributed by atoms with Gasteiger partial charge in [-0.05, 0) is 25.8 Å². The van der Waals surface area contributed by atoms with Crippen molar-refractivity contribution in [1.82, 2.24) is 9.97 Å². The Kier molecular flexibility index (Phi) is 3.00. The van der Waals surface area contributed by atoms with Crippen LogP contribution in [0.3, 0.4) is 0 Å². The number of fused-ring (bicyclic) bond motifs is 1. The Morgan fingerprint density at radius 1 is 1.30 bits per heavy atom. The standard InChI is InChI=1S/C14H16N4O2/c1-14(6-2-3-7-14)17-13-11-8-10(18(19)20)4-5-12(11)15-9-16-13/h4-5,8-9H,2-3,6-7H2,1H3,(H,15,16,17). The van der Waals surface area contributed by atoms with E-state index in [9.17, 15) is 10.1 Å². The Bertz CT molecular complexity index is 665. The number of hydrogen-bond donors (Lipinski definition) is 1. The van der Waals surface area contributed by atoms with Gasteiger partial charge in [-0.3, -0.25) is 10.1 Å². The minimum absolute atomic E-state index is 0.0197. The minimum atomic E-state index is -0.395. The van der Waals surface area contributed by atoms with Gasteiger partial charge in [-0.1, -0.05) is 12.8 Å². The van der Waals surface area contributed by atoms with Gasteiger partial charge in [-0.2, -0.15) is 0 Å². The zero-order chi connectivity index (χ0) is 14.2. The lowest BCUT2D eigenvalue weighted by atomic mass is 10.0. The number of aromatic nitrogens is 2. The average molecular weight is 272 g/mol. The van der Waals surface area contributed by atoms with Crippen molar-refractivity contribution in [3.63, 3.8) is 0 Å². The second-order valence-corrected chi connectivity index (χ2v) is 5.57. The molecule has 1 saturated carbocycles. The van der Waals surface area contributed by atoms with Crippen molar-refractivity contribution >= 4 is 22.4 Å². The summed E-state index contributed by atoms with van der Waals surface area (Å²) in [5.74, 6) is 0.683. The summed E-state index contributed by atoms with van der Waals surface area (Å²) in [6, 6.07) is 4.67. The highest BCUT2D eigenvalue weighted by Crippen LogP contribution is 2.34. The molecule has 3 rings (SSSR count). The summed E-state index contributed by atoms with van der Waals surface area (Å²) in [4.78, 5) is 18.9. The van der Waals surface area contributed by atoms with E-state index in [4.69, 9.17) is 0 Å². The third-order valence-corrected chi connectivity index (χ3v) is 3.96. The van der Waals surface area contributed by atoms with Crippen molar-refractivity contribution in [3.05, 3.63) is 34.6 Å². The van der Waals surface area contributed by atoms with Crippen molar-refractivity contribution in [3.8, 4) is 0 Å². The van der Waals surface area contributed by atoms with Gasteiger partial charge in [0.1, 0.15) is 12.1 Å². The smallest absolute Gasteiger partial charge is 0.270 e. The van der Waals surface area contributed by atoms with Crippen LogP contribution in [0.4, 0.5) is 11.5 Å². The first kappa shape index (κ1) is 12.8. The predicted octanol–water partition coefficient (Wildman–Crippen LogP) is 3.28. The summed E-state index contributed by atoms with van der Waals surface area (Å²) in [5.41, 5.74) is 0.799. The van der Waals surface area contributed by atoms with Crippen LogP contribution >= 0.6 is 0 Å². The highest BCUT2D eigenvalue weighted by molar-refractivity contribution is 5.90. The maximum atomic E-state index is 10.9. The molecule has 1 N–H and O–H groups in total. The molecule has 1 aromatic heterocycles. The Balaban J connectivity index is 2.05. The van der Waals surface area contributed by atoms with Gasteiger partial charge in [0.25, 0.3) is 5.69 Å². The molecule has 104 valence electrons. The Morgan fingerprint density at radius 2 is 2.05 bits per heavy atom. The molecule has 0 aliphatic heterocycles. The van der Waals surface area contributed by atoms with Crippen LogP contribution in [0.25, 0.3) is 10.9 Å². The van der Waals surface area contributed by atoms with Crippen molar-refractivity contribution < 1.29 is 4.92 Å². The maximum absolute atomic E-state index is 10.9. The lowest BCUT2D eigenvalue weighted by molar-refractivity contribution is -0.384. The van der Waals surface area contributed by atoms with Crippen LogP contribution in [0.2, 0.25) is 0 Å². The van der Waals surface area contributed by atoms with E-state index in [2.05, 4.69) is 22.2 Å². The fourth-order valence-corrected chi connectivity index (χ4v) is 2.82. The third-order valence-electron chi connectivity index (χ3n) is 3.96. The Hall–Kier alpha value is -2.24. The van der Waals surface area contributed by atoms with Crippen LogP contribution in [-0.2, 0) is 0 Å². The summed E-state index contributed by atoms with van der Waals surface area (Å²) in [6.07, 6.45) is 6.08. The van der Waals surface area contributed by atoms with Crippen LogP contribution in [0, 0.1) is 10.1 Å². The minimum Gasteiger partial charge on any atom is -0.364 e. The number of benzene rings is 1. The monoisotopic (exact) mass is 272 g/mol. The molecule has 0 saturated heterocycles. The molecule has 6 heteroatoms. The first-order valence-electron chi connectivity index (χ1n) is 6.75. The van der Waals surface area contributed by atoms with Crippen molar-refractivity contribution in [2.75, 3.05) is 5.32 Å². The fourth-order valence-electron chi connectivity index (χ4n) is 2.82. The van der Waals surface area contributed by atoms with Gasteiger partial charge in [0.05, 0.1) is 10.4 Å². The lowest BCUT2D eigenvalue weighted by Crippen LogP contribution is -2.31. The highest BCUT2D eigenvalue weighted by atomic mass is 16.6. The van der Waals surface area contributed by atoms with Crippen LogP contribution in [0.15, 0.2) is 24.5 Å². The third kappa shape index (κ3) is 2.29. The van der Waals surface area contributed by atoms with Gasteiger partial charge in [-0.25, -0.2) is 9.97 Å². The molecule has 1 fully saturated rings. The molecule has 0 spiro atoms. The van der Waals surface area contributed by atoms with Gasteiger partial charge >= 0.3 is 0 Å². The molecule has 1 heterocycles. The van der Waals surface area contributed by atoms with Crippen molar-refractivity contribution in [1.29, 1.82) is 0 Å². The van der Waals surface area contributed by atoms with E-state index in [1.807, 2.05) is 0 Å². The molecule has 2 aromatic rings. The molecule has 0 bridgehead atoms. The van der Waals surface area contributed by atoms with E-state index in [0.717, 1.165) is 18.4 Å². The molecule has 20 heavy (non-hydrogen) atoms. The predicted molar refractivity (Wildman–Crippen MR) is 76.7 cm³/mol. The summed E-state index contributed by atoms with van der Waals surface area (Å²) in [5, 5.41) is 15.1. The highest BCUT2D eigenvalue weighted by Gasteiger charge is 2.29. The van der Waals surface area contributed by atoms with Gasteiger partial charge in [0, 0.05) is 23.1 Å². The van der Waals surface area contributed by atoms with E-state index in [0.29, 0.717) is 11.2 Å². The van der Waals surface area contributed by atoms with E-state index in [1.165, 1.54) is 31.3 Å². The summed E-state index contributed by atoms with van der Waals surface area (Å²) >= 11 is 0. The quantitative estimate of drug-likeness (QED) is 0.685. The molecular formula is C14H16N4O2. The van der Waals surface area contributed by atoms with Gasteiger partial charge in [0.2, 0.25) is 0 Å². The molecule has 1 aromatic carbocycles. The SMILES string of the molecule is CC1(Nc2ncnc3ccc([N+](=O)[O-])cc23)CCCC1. The Labute approximate surface area is 116 Å². The number of nitrogens with zero attached hydrogens (tertiary/aromatic N) is 3. The number of nitro benzene ring substituents is 1. The molecule has 0 atom stereocenters. The van der Waals surface area contributed by atoms with Gasteiger partial charge in [0.15, 0.2) is 0 Å². The first-order valence-corrected chi connectivity index (χ1v) is 6.75. The second-order valence-electron chi connectivity index (χ2n) is 5.57. The largest absolute Gasteiger partial charge is 0.364 e. The molecular weight excluding hydrogens is 256 g/mol. The number of rotatable bonds is 3. The van der Waals surface area contributed by atoms with Gasteiger partial charge in [-0.15, -0.1) is 0 Å². The molecule has 0 amide bonds. The lowest BCUT2D eigenvalue weighted by Gasteiger charge is -2.26. The number of non-ortho nitro benzene ring substituents is 1. The molecule has 0 unspecified atom stereocenters. The number of hydrogen-bond acceptors (Lipinski definition) is 5. The number of nitro groups is 1. The van der Waals surface area contributed by atoms with E-state index in [-0.39, 0.29) is 11.2 Å². The number of nitrogens with one attached hydrogen (secondary N) is 1. The van der Waals surface area contributed by atoms with Crippen LogP contribution < -0.4 is 5.32 Å². The molecule has 6 nitrogen and oxygen atoms in total. The van der Waals surface area contributed by atoms with Crippen LogP contribution in [0.5, 0.6) is 0 Å². The number of anilines is 1. The zero-order valence-corrected chi connectivity index (χ0v) is 11.3. The summed E-state index contributed by atoms with van der Waals surface area (Å²) in [6.45, 7) is 2.17. The summed E-state index contributed by atoms with van der Waals surface area (Å²) < 4.78 is 0. The molecule has 1 aliphatic carbocycles. The average Bonchev–Trinajstić information content (AvgIpc) is 2.85. The zero-order valence-electron chi connectivity index (χ0n) is 11.3. The first-order chi connectivity index (χ1) is 9.57.